The molecule has 0 bridgehead atoms. The third-order valence-electron chi connectivity index (χ3n) is 3.66. The zero-order valence-electron chi connectivity index (χ0n) is 15.4. The van der Waals surface area contributed by atoms with Gasteiger partial charge in [-0.2, -0.15) is 0 Å². The Morgan fingerprint density at radius 2 is 1.58 bits per heavy atom. The van der Waals surface area contributed by atoms with Crippen molar-refractivity contribution in [1.82, 2.24) is 10.6 Å². The Hall–Kier alpha value is -2.20. The third kappa shape index (κ3) is 9.94. The molecule has 0 radical (unpaired) electrons. The molecular weight excluding hydrogens is 342 g/mol. The molecule has 9 N–H and O–H groups in total. The summed E-state index contributed by atoms with van der Waals surface area (Å²) in [5.74, 6) is -3.25. The molecule has 0 aliphatic heterocycles. The van der Waals surface area contributed by atoms with Crippen LogP contribution in [0.5, 0.6) is 0 Å². The second-order valence-corrected chi connectivity index (χ2v) is 6.65. The third-order valence-corrected chi connectivity index (χ3v) is 3.66. The highest BCUT2D eigenvalue weighted by molar-refractivity contribution is 5.93. The minimum atomic E-state index is -1.46. The number of primary amides is 1. The van der Waals surface area contributed by atoms with Gasteiger partial charge in [-0.05, 0) is 38.1 Å². The van der Waals surface area contributed by atoms with Gasteiger partial charge in [-0.15, -0.1) is 0 Å². The van der Waals surface area contributed by atoms with Gasteiger partial charge in [0, 0.05) is 0 Å². The highest BCUT2D eigenvalue weighted by Crippen LogP contribution is 2.06. The number of unbranched alkanes of at least 4 members (excludes halogenated alkanes) is 1. The van der Waals surface area contributed by atoms with Crippen LogP contribution in [0.2, 0.25) is 0 Å². The number of carboxylic acid groups (broad SMARTS) is 1. The lowest BCUT2D eigenvalue weighted by Gasteiger charge is -2.23. The standard InChI is InChI=1S/C16H31N5O5/c1-9(2)7-10(18)14(23)20-11(5-3-4-6-17)15(24)21-12(16(25)26)8-13(19)22/h9-12H,3-8,17-18H2,1-2H3,(H2,19,22)(H,20,23)(H,21,24)(H,25,26)/t10-,11-,12-/m0/s1. The van der Waals surface area contributed by atoms with E-state index >= 15 is 0 Å². The van der Waals surface area contributed by atoms with E-state index in [0.29, 0.717) is 25.8 Å². The molecule has 10 heteroatoms. The van der Waals surface area contributed by atoms with Gasteiger partial charge < -0.3 is 32.9 Å². The number of carbonyl (C=O) groups is 4. The summed E-state index contributed by atoms with van der Waals surface area (Å²) in [6.07, 6.45) is 1.37. The van der Waals surface area contributed by atoms with Crippen molar-refractivity contribution in [2.45, 2.75) is 64.1 Å². The largest absolute Gasteiger partial charge is 0.480 e. The number of amides is 3. The summed E-state index contributed by atoms with van der Waals surface area (Å²) >= 11 is 0. The molecule has 0 fully saturated rings. The van der Waals surface area contributed by atoms with E-state index < -0.39 is 48.2 Å². The molecule has 0 aliphatic carbocycles. The average Bonchev–Trinajstić information content (AvgIpc) is 2.51. The number of rotatable bonds is 13. The Balaban J connectivity index is 5.02. The second kappa shape index (κ2) is 12.2. The maximum Gasteiger partial charge on any atom is 0.326 e. The van der Waals surface area contributed by atoms with Crippen molar-refractivity contribution in [3.8, 4) is 0 Å². The first-order chi connectivity index (χ1) is 12.1. The van der Waals surface area contributed by atoms with Crippen LogP contribution in [-0.2, 0) is 19.2 Å². The smallest absolute Gasteiger partial charge is 0.326 e. The van der Waals surface area contributed by atoms with Gasteiger partial charge in [-0.3, -0.25) is 14.4 Å². The maximum atomic E-state index is 12.4. The summed E-state index contributed by atoms with van der Waals surface area (Å²) in [6.45, 7) is 4.26. The van der Waals surface area contributed by atoms with Crippen molar-refractivity contribution >= 4 is 23.7 Å². The van der Waals surface area contributed by atoms with Gasteiger partial charge in [0.05, 0.1) is 12.5 Å². The fourth-order valence-corrected chi connectivity index (χ4v) is 2.33. The molecule has 10 nitrogen and oxygen atoms in total. The Kier molecular flexibility index (Phi) is 11.2. The predicted molar refractivity (Wildman–Crippen MR) is 95.6 cm³/mol. The summed E-state index contributed by atoms with van der Waals surface area (Å²) in [5.41, 5.74) is 16.2. The van der Waals surface area contributed by atoms with Gasteiger partial charge in [-0.1, -0.05) is 13.8 Å². The lowest BCUT2D eigenvalue weighted by molar-refractivity contribution is -0.143. The maximum absolute atomic E-state index is 12.4. The Bertz CT molecular complexity index is 497. The van der Waals surface area contributed by atoms with E-state index in [0.717, 1.165) is 0 Å². The van der Waals surface area contributed by atoms with E-state index in [1.165, 1.54) is 0 Å². The summed E-state index contributed by atoms with van der Waals surface area (Å²) in [4.78, 5) is 46.7. The second-order valence-electron chi connectivity index (χ2n) is 6.65. The minimum Gasteiger partial charge on any atom is -0.480 e. The van der Waals surface area contributed by atoms with Crippen LogP contribution in [0, 0.1) is 5.92 Å². The van der Waals surface area contributed by atoms with Gasteiger partial charge in [-0.25, -0.2) is 4.79 Å². The van der Waals surface area contributed by atoms with Crippen molar-refractivity contribution in [3.05, 3.63) is 0 Å². The minimum absolute atomic E-state index is 0.201. The van der Waals surface area contributed by atoms with E-state index in [4.69, 9.17) is 22.3 Å². The van der Waals surface area contributed by atoms with E-state index in [-0.39, 0.29) is 12.3 Å². The van der Waals surface area contributed by atoms with Crippen LogP contribution >= 0.6 is 0 Å². The molecule has 0 aromatic carbocycles. The number of hydrogen-bond donors (Lipinski definition) is 6. The molecule has 0 aromatic rings. The van der Waals surface area contributed by atoms with Crippen LogP contribution in [-0.4, -0.2) is 53.5 Å². The first-order valence-electron chi connectivity index (χ1n) is 8.65. The van der Waals surface area contributed by atoms with Gasteiger partial charge >= 0.3 is 5.97 Å². The number of aliphatic carboxylic acids is 1. The van der Waals surface area contributed by atoms with Crippen molar-refractivity contribution in [2.24, 2.45) is 23.1 Å². The normalized spacial score (nSPS) is 14.3. The van der Waals surface area contributed by atoms with Gasteiger partial charge in [0.25, 0.3) is 0 Å². The predicted octanol–water partition coefficient (Wildman–Crippen LogP) is -1.58. The van der Waals surface area contributed by atoms with Crippen LogP contribution in [0.1, 0.15) is 46.0 Å². The Morgan fingerprint density at radius 1 is 1.00 bits per heavy atom. The summed E-state index contributed by atoms with van der Waals surface area (Å²) in [6, 6.07) is -3.21. The SMILES string of the molecule is CC(C)C[C@H](N)C(=O)N[C@@H](CCCCN)C(=O)N[C@@H](CC(N)=O)C(=O)O. The fourth-order valence-electron chi connectivity index (χ4n) is 2.33. The fraction of sp³-hybridized carbons (Fsp3) is 0.750. The molecular formula is C16H31N5O5. The van der Waals surface area contributed by atoms with Crippen LogP contribution < -0.4 is 27.8 Å². The van der Waals surface area contributed by atoms with E-state index in [1.54, 1.807) is 0 Å². The molecule has 3 amide bonds. The summed E-state index contributed by atoms with van der Waals surface area (Å²) < 4.78 is 0. The topological polar surface area (TPSA) is 191 Å². The van der Waals surface area contributed by atoms with Gasteiger partial charge in [0.1, 0.15) is 12.1 Å². The highest BCUT2D eigenvalue weighted by atomic mass is 16.4. The molecule has 0 aliphatic rings. The molecule has 0 aromatic heterocycles. The van der Waals surface area contributed by atoms with E-state index in [2.05, 4.69) is 10.6 Å². The zero-order valence-corrected chi connectivity index (χ0v) is 15.4. The van der Waals surface area contributed by atoms with Crippen molar-refractivity contribution in [1.29, 1.82) is 0 Å². The monoisotopic (exact) mass is 373 g/mol. The van der Waals surface area contributed by atoms with E-state index in [9.17, 15) is 19.2 Å². The molecule has 150 valence electrons. The van der Waals surface area contributed by atoms with Crippen molar-refractivity contribution < 1.29 is 24.3 Å². The molecule has 0 saturated heterocycles. The van der Waals surface area contributed by atoms with Gasteiger partial charge in [0.2, 0.25) is 17.7 Å². The highest BCUT2D eigenvalue weighted by Gasteiger charge is 2.28. The molecule has 0 spiro atoms. The lowest BCUT2D eigenvalue weighted by atomic mass is 10.0. The van der Waals surface area contributed by atoms with Gasteiger partial charge in [0.15, 0.2) is 0 Å². The molecule has 3 atom stereocenters. The number of nitrogens with two attached hydrogens (primary N) is 3. The van der Waals surface area contributed by atoms with E-state index in [1.807, 2.05) is 13.8 Å². The zero-order chi connectivity index (χ0) is 20.3. The molecule has 0 heterocycles. The van der Waals surface area contributed by atoms with Crippen molar-refractivity contribution in [2.75, 3.05) is 6.54 Å². The number of nitrogens with one attached hydrogen (secondary N) is 2. The van der Waals surface area contributed by atoms with Crippen LogP contribution in [0.25, 0.3) is 0 Å². The number of carboxylic acids is 1. The van der Waals surface area contributed by atoms with Crippen molar-refractivity contribution in [3.63, 3.8) is 0 Å². The first kappa shape index (κ1) is 23.8. The molecule has 26 heavy (non-hydrogen) atoms. The van der Waals surface area contributed by atoms with Crippen LogP contribution in [0.4, 0.5) is 0 Å². The Labute approximate surface area is 153 Å². The first-order valence-corrected chi connectivity index (χ1v) is 8.65. The lowest BCUT2D eigenvalue weighted by Crippen LogP contribution is -2.55. The summed E-state index contributed by atoms with van der Waals surface area (Å²) in [7, 11) is 0. The number of hydrogen-bond acceptors (Lipinski definition) is 6. The average molecular weight is 373 g/mol. The number of carbonyl (C=O) groups excluding carboxylic acids is 3. The van der Waals surface area contributed by atoms with Crippen LogP contribution in [0.3, 0.4) is 0 Å². The molecule has 0 saturated carbocycles. The quantitative estimate of drug-likeness (QED) is 0.210. The molecule has 0 unspecified atom stereocenters. The molecule has 0 rings (SSSR count). The summed E-state index contributed by atoms with van der Waals surface area (Å²) in [5, 5.41) is 13.9. The Morgan fingerprint density at radius 3 is 2.04 bits per heavy atom. The van der Waals surface area contributed by atoms with Crippen LogP contribution in [0.15, 0.2) is 0 Å².